The molecule has 0 aromatic rings. The summed E-state index contributed by atoms with van der Waals surface area (Å²) in [6.07, 6.45) is 0.843. The third-order valence-corrected chi connectivity index (χ3v) is 4.24. The molecule has 1 spiro atoms. The van der Waals surface area contributed by atoms with E-state index in [9.17, 15) is 14.4 Å². The van der Waals surface area contributed by atoms with Gasteiger partial charge in [-0.2, -0.15) is 0 Å². The molecule has 2 rings (SSSR count). The van der Waals surface area contributed by atoms with Crippen molar-refractivity contribution in [1.29, 1.82) is 0 Å². The summed E-state index contributed by atoms with van der Waals surface area (Å²) in [5.74, 6) is -0.990. The Morgan fingerprint density at radius 2 is 1.86 bits per heavy atom. The van der Waals surface area contributed by atoms with Gasteiger partial charge >= 0.3 is 12.1 Å². The average molecular weight is 312 g/mol. The van der Waals surface area contributed by atoms with E-state index >= 15 is 0 Å². The van der Waals surface area contributed by atoms with Gasteiger partial charge in [-0.3, -0.25) is 9.59 Å². The highest BCUT2D eigenvalue weighted by molar-refractivity contribution is 5.89. The smallest absolute Gasteiger partial charge is 0.410 e. The van der Waals surface area contributed by atoms with Crippen LogP contribution in [-0.2, 0) is 19.1 Å². The molecular weight excluding hydrogens is 288 g/mol. The van der Waals surface area contributed by atoms with Gasteiger partial charge in [0.05, 0.1) is 18.6 Å². The van der Waals surface area contributed by atoms with Crippen LogP contribution in [0.4, 0.5) is 4.79 Å². The van der Waals surface area contributed by atoms with Gasteiger partial charge < -0.3 is 19.7 Å². The molecular formula is C15H24N2O5. The molecule has 7 nitrogen and oxygen atoms in total. The Kier molecular flexibility index (Phi) is 4.35. The Hall–Kier alpha value is -1.79. The zero-order valence-electron chi connectivity index (χ0n) is 13.6. The number of nitrogens with zero attached hydrogens (tertiary/aromatic N) is 1. The van der Waals surface area contributed by atoms with Gasteiger partial charge in [-0.25, -0.2) is 4.79 Å². The van der Waals surface area contributed by atoms with Crippen molar-refractivity contribution in [2.45, 2.75) is 51.2 Å². The number of rotatable bonds is 1. The number of likely N-dealkylation sites (tertiary alicyclic amines) is 1. The number of hydrogen-bond acceptors (Lipinski definition) is 5. The molecule has 2 saturated heterocycles. The number of esters is 1. The van der Waals surface area contributed by atoms with Crippen molar-refractivity contribution in [2.75, 3.05) is 20.2 Å². The Bertz CT molecular complexity index is 475. The maximum absolute atomic E-state index is 12.1. The minimum absolute atomic E-state index is 0.138. The monoisotopic (exact) mass is 312 g/mol. The van der Waals surface area contributed by atoms with Crippen molar-refractivity contribution >= 4 is 18.0 Å². The van der Waals surface area contributed by atoms with E-state index in [1.54, 1.807) is 4.90 Å². The number of carbonyl (C=O) groups excluding carboxylic acids is 3. The Labute approximate surface area is 130 Å². The molecule has 0 saturated carbocycles. The first-order chi connectivity index (χ1) is 10.2. The van der Waals surface area contributed by atoms with Crippen LogP contribution in [0.3, 0.4) is 0 Å². The lowest BCUT2D eigenvalue weighted by Gasteiger charge is -2.41. The molecule has 2 aliphatic heterocycles. The largest absolute Gasteiger partial charge is 0.469 e. The quantitative estimate of drug-likeness (QED) is 0.732. The van der Waals surface area contributed by atoms with Gasteiger partial charge in [-0.1, -0.05) is 0 Å². The summed E-state index contributed by atoms with van der Waals surface area (Å²) in [5, 5.41) is 2.92. The molecule has 2 amide bonds. The van der Waals surface area contributed by atoms with Gasteiger partial charge in [0.15, 0.2) is 0 Å². The van der Waals surface area contributed by atoms with Crippen molar-refractivity contribution < 1.29 is 23.9 Å². The lowest BCUT2D eigenvalue weighted by molar-refractivity contribution is -0.148. The normalized spacial score (nSPS) is 24.1. The first-order valence-electron chi connectivity index (χ1n) is 7.54. The van der Waals surface area contributed by atoms with Crippen LogP contribution in [0.2, 0.25) is 0 Å². The van der Waals surface area contributed by atoms with E-state index in [1.165, 1.54) is 7.11 Å². The molecule has 1 N–H and O–H groups in total. The van der Waals surface area contributed by atoms with Gasteiger partial charge in [-0.05, 0) is 33.6 Å². The molecule has 2 heterocycles. The molecule has 1 atom stereocenters. The topological polar surface area (TPSA) is 84.9 Å². The molecule has 124 valence electrons. The number of amides is 2. The Morgan fingerprint density at radius 1 is 1.27 bits per heavy atom. The van der Waals surface area contributed by atoms with Gasteiger partial charge in [0.1, 0.15) is 5.60 Å². The van der Waals surface area contributed by atoms with Crippen molar-refractivity contribution in [3.63, 3.8) is 0 Å². The lowest BCUT2D eigenvalue weighted by atomic mass is 9.78. The van der Waals surface area contributed by atoms with Crippen LogP contribution in [0.15, 0.2) is 0 Å². The average Bonchev–Trinajstić information content (AvgIpc) is 2.73. The first-order valence-corrected chi connectivity index (χ1v) is 7.54. The third kappa shape index (κ3) is 3.34. The van der Waals surface area contributed by atoms with Crippen LogP contribution >= 0.6 is 0 Å². The second-order valence-electron chi connectivity index (χ2n) is 6.95. The molecule has 0 aliphatic carbocycles. The lowest BCUT2D eigenvalue weighted by Crippen LogP contribution is -2.57. The Morgan fingerprint density at radius 3 is 2.36 bits per heavy atom. The predicted octanol–water partition coefficient (Wildman–Crippen LogP) is 1.07. The zero-order chi connectivity index (χ0) is 16.5. The number of nitrogens with one attached hydrogen (secondary N) is 1. The number of methoxy groups -OCH3 is 1. The molecule has 0 aromatic carbocycles. The highest BCUT2D eigenvalue weighted by atomic mass is 16.6. The summed E-state index contributed by atoms with van der Waals surface area (Å²) in [5.41, 5.74) is -1.13. The second kappa shape index (κ2) is 5.78. The van der Waals surface area contributed by atoms with E-state index in [-0.39, 0.29) is 24.4 Å². The number of hydrogen-bond donors (Lipinski definition) is 1. The summed E-state index contributed by atoms with van der Waals surface area (Å²) < 4.78 is 10.2. The van der Waals surface area contributed by atoms with E-state index in [1.807, 2.05) is 20.8 Å². The fourth-order valence-corrected chi connectivity index (χ4v) is 3.14. The molecule has 2 fully saturated rings. The minimum Gasteiger partial charge on any atom is -0.469 e. The highest BCUT2D eigenvalue weighted by Crippen LogP contribution is 2.37. The van der Waals surface area contributed by atoms with Crippen LogP contribution in [0.1, 0.15) is 40.0 Å². The maximum atomic E-state index is 12.1. The number of piperidine rings is 1. The van der Waals surface area contributed by atoms with Crippen molar-refractivity contribution in [3.05, 3.63) is 0 Å². The fourth-order valence-electron chi connectivity index (χ4n) is 3.14. The van der Waals surface area contributed by atoms with E-state index in [0.29, 0.717) is 25.9 Å². The predicted molar refractivity (Wildman–Crippen MR) is 78.0 cm³/mol. The Balaban J connectivity index is 2.02. The summed E-state index contributed by atoms with van der Waals surface area (Å²) >= 11 is 0. The SMILES string of the molecule is COC(=O)[C@H]1CC(=O)NC12CCN(C(=O)OC(C)(C)C)CC2. The second-order valence-corrected chi connectivity index (χ2v) is 6.95. The van der Waals surface area contributed by atoms with Crippen LogP contribution in [0.25, 0.3) is 0 Å². The molecule has 22 heavy (non-hydrogen) atoms. The number of ether oxygens (including phenoxy) is 2. The standard InChI is InChI=1S/C15H24N2O5/c1-14(2,3)22-13(20)17-7-5-15(6-8-17)10(12(19)21-4)9-11(18)16-15/h10H,5-9H2,1-4H3,(H,16,18)/t10-/m1/s1. The van der Waals surface area contributed by atoms with Crippen molar-refractivity contribution in [3.8, 4) is 0 Å². The van der Waals surface area contributed by atoms with Crippen LogP contribution < -0.4 is 5.32 Å². The highest BCUT2D eigenvalue weighted by Gasteiger charge is 2.52. The number of carbonyl (C=O) groups is 3. The van der Waals surface area contributed by atoms with E-state index < -0.39 is 17.1 Å². The maximum Gasteiger partial charge on any atom is 0.410 e. The van der Waals surface area contributed by atoms with E-state index in [2.05, 4.69) is 5.32 Å². The van der Waals surface area contributed by atoms with Crippen LogP contribution in [-0.4, -0.2) is 54.2 Å². The molecule has 0 bridgehead atoms. The summed E-state index contributed by atoms with van der Waals surface area (Å²) in [6, 6.07) is 0. The van der Waals surface area contributed by atoms with Gasteiger partial charge in [0, 0.05) is 19.5 Å². The minimum atomic E-state index is -0.595. The van der Waals surface area contributed by atoms with Gasteiger partial charge in [0.25, 0.3) is 0 Å². The van der Waals surface area contributed by atoms with Crippen molar-refractivity contribution in [2.24, 2.45) is 5.92 Å². The first kappa shape index (κ1) is 16.6. The molecule has 7 heteroatoms. The van der Waals surface area contributed by atoms with E-state index in [4.69, 9.17) is 9.47 Å². The molecule has 2 aliphatic rings. The van der Waals surface area contributed by atoms with E-state index in [0.717, 1.165) is 0 Å². The molecule has 0 unspecified atom stereocenters. The van der Waals surface area contributed by atoms with Gasteiger partial charge in [-0.15, -0.1) is 0 Å². The zero-order valence-corrected chi connectivity index (χ0v) is 13.6. The summed E-state index contributed by atoms with van der Waals surface area (Å²) in [4.78, 5) is 37.3. The summed E-state index contributed by atoms with van der Waals surface area (Å²) in [7, 11) is 1.33. The van der Waals surface area contributed by atoms with Crippen LogP contribution in [0, 0.1) is 5.92 Å². The third-order valence-electron chi connectivity index (χ3n) is 4.24. The fraction of sp³-hybridized carbons (Fsp3) is 0.800. The molecule has 0 radical (unpaired) electrons. The molecule has 0 aromatic heterocycles. The summed E-state index contributed by atoms with van der Waals surface area (Å²) in [6.45, 7) is 6.35. The van der Waals surface area contributed by atoms with Gasteiger partial charge in [0.2, 0.25) is 5.91 Å². The van der Waals surface area contributed by atoms with Crippen molar-refractivity contribution in [1.82, 2.24) is 10.2 Å². The van der Waals surface area contributed by atoms with Crippen LogP contribution in [0.5, 0.6) is 0 Å².